The summed E-state index contributed by atoms with van der Waals surface area (Å²) in [7, 11) is 0. The van der Waals surface area contributed by atoms with Gasteiger partial charge in [0.15, 0.2) is 0 Å². The monoisotopic (exact) mass is 278 g/mol. The van der Waals surface area contributed by atoms with Gasteiger partial charge in [0.2, 0.25) is 0 Å². The van der Waals surface area contributed by atoms with Gasteiger partial charge in [-0.25, -0.2) is 4.79 Å². The maximum Gasteiger partial charge on any atom is 0.351 e. The van der Waals surface area contributed by atoms with Crippen molar-refractivity contribution in [3.8, 4) is 0 Å². The van der Waals surface area contributed by atoms with E-state index in [1.165, 1.54) is 11.3 Å². The van der Waals surface area contributed by atoms with Crippen molar-refractivity contribution in [3.05, 3.63) is 36.5 Å². The molecular formula is C12H14N4O2S. The van der Waals surface area contributed by atoms with Gasteiger partial charge in [-0.1, -0.05) is 29.6 Å². The van der Waals surface area contributed by atoms with Gasteiger partial charge in [-0.3, -0.25) is 10.2 Å². The van der Waals surface area contributed by atoms with Crippen molar-refractivity contribution in [1.29, 1.82) is 0 Å². The van der Waals surface area contributed by atoms with Crippen molar-refractivity contribution < 1.29 is 9.63 Å². The molecule has 1 aromatic carbocycles. The van der Waals surface area contributed by atoms with Crippen LogP contribution in [0.3, 0.4) is 0 Å². The van der Waals surface area contributed by atoms with Gasteiger partial charge in [0.1, 0.15) is 5.00 Å². The summed E-state index contributed by atoms with van der Waals surface area (Å²) in [5.74, 6) is 0. The summed E-state index contributed by atoms with van der Waals surface area (Å²) in [4.78, 5) is 17.6. The first-order valence-corrected chi connectivity index (χ1v) is 6.65. The van der Waals surface area contributed by atoms with Crippen molar-refractivity contribution in [1.82, 2.24) is 9.59 Å². The Hall–Kier alpha value is -1.99. The number of anilines is 2. The second kappa shape index (κ2) is 6.81. The van der Waals surface area contributed by atoms with E-state index >= 15 is 0 Å². The molecule has 0 aliphatic heterocycles. The van der Waals surface area contributed by atoms with E-state index in [1.807, 2.05) is 25.1 Å². The van der Waals surface area contributed by atoms with Crippen molar-refractivity contribution >= 4 is 28.3 Å². The first kappa shape index (κ1) is 13.4. The average molecular weight is 278 g/mol. The summed E-state index contributed by atoms with van der Waals surface area (Å²) >= 11 is 1.11. The summed E-state index contributed by atoms with van der Waals surface area (Å²) < 4.78 is 3.69. The van der Waals surface area contributed by atoms with E-state index in [0.29, 0.717) is 17.3 Å². The lowest BCUT2D eigenvalue weighted by Gasteiger charge is -2.21. The fourth-order valence-corrected chi connectivity index (χ4v) is 1.78. The molecule has 6 nitrogen and oxygen atoms in total. The average Bonchev–Trinajstić information content (AvgIpc) is 2.93. The summed E-state index contributed by atoms with van der Waals surface area (Å²) in [5.41, 5.74) is 0.672. The molecule has 0 fully saturated rings. The number of carbonyl (C=O) groups excluding carboxylic acids is 1. The van der Waals surface area contributed by atoms with Gasteiger partial charge in [0, 0.05) is 11.5 Å². The zero-order valence-corrected chi connectivity index (χ0v) is 11.3. The minimum atomic E-state index is -0.370. The van der Waals surface area contributed by atoms with Gasteiger partial charge in [0.25, 0.3) is 0 Å². The number of rotatable bonds is 5. The van der Waals surface area contributed by atoms with E-state index in [1.54, 1.807) is 12.1 Å². The molecular weight excluding hydrogens is 264 g/mol. The van der Waals surface area contributed by atoms with Crippen LogP contribution in [0.1, 0.15) is 13.3 Å². The normalized spacial score (nSPS) is 10.2. The van der Waals surface area contributed by atoms with Crippen LogP contribution in [0.2, 0.25) is 0 Å². The number of hydrogen-bond acceptors (Lipinski definition) is 5. The fourth-order valence-electron chi connectivity index (χ4n) is 1.37. The van der Waals surface area contributed by atoms with Crippen LogP contribution >= 0.6 is 11.5 Å². The van der Waals surface area contributed by atoms with Crippen LogP contribution in [0, 0.1) is 0 Å². The summed E-state index contributed by atoms with van der Waals surface area (Å²) in [5, 5.41) is 8.16. The van der Waals surface area contributed by atoms with Gasteiger partial charge in [0.05, 0.1) is 18.5 Å². The number of carbonyl (C=O) groups is 1. The molecule has 2 rings (SSSR count). The summed E-state index contributed by atoms with van der Waals surface area (Å²) in [6.07, 6.45) is 2.31. The maximum absolute atomic E-state index is 12.2. The summed E-state index contributed by atoms with van der Waals surface area (Å²) in [6, 6.07) is 8.82. The molecule has 0 bridgehead atoms. The zero-order valence-electron chi connectivity index (χ0n) is 10.4. The fraction of sp³-hybridized carbons (Fsp3) is 0.250. The Morgan fingerprint density at radius 2 is 2.21 bits per heavy atom. The van der Waals surface area contributed by atoms with Gasteiger partial charge >= 0.3 is 6.03 Å². The second-order valence-corrected chi connectivity index (χ2v) is 4.46. The molecule has 1 N–H and O–H groups in total. The molecule has 7 heteroatoms. The SMILES string of the molecule is CCCON(C(=O)Nc1cnns1)c1ccccc1. The number of hydroxylamine groups is 1. The van der Waals surface area contributed by atoms with Crippen LogP contribution in [0.5, 0.6) is 0 Å². The van der Waals surface area contributed by atoms with E-state index in [0.717, 1.165) is 18.0 Å². The molecule has 0 aliphatic rings. The number of nitrogens with zero attached hydrogens (tertiary/aromatic N) is 3. The van der Waals surface area contributed by atoms with Gasteiger partial charge < -0.3 is 0 Å². The van der Waals surface area contributed by atoms with Crippen LogP contribution < -0.4 is 10.4 Å². The predicted octanol–water partition coefficient (Wildman–Crippen LogP) is 2.92. The molecule has 1 heterocycles. The molecule has 0 saturated carbocycles. The molecule has 0 aliphatic carbocycles. The van der Waals surface area contributed by atoms with E-state index in [4.69, 9.17) is 4.84 Å². The van der Waals surface area contributed by atoms with Crippen LogP contribution in [0.4, 0.5) is 15.5 Å². The number of benzene rings is 1. The highest BCUT2D eigenvalue weighted by Crippen LogP contribution is 2.17. The van der Waals surface area contributed by atoms with E-state index in [-0.39, 0.29) is 6.03 Å². The molecule has 0 spiro atoms. The minimum Gasteiger partial charge on any atom is -0.294 e. The molecule has 2 amide bonds. The maximum atomic E-state index is 12.2. The van der Waals surface area contributed by atoms with E-state index in [9.17, 15) is 4.79 Å². The second-order valence-electron chi connectivity index (χ2n) is 3.68. The van der Waals surface area contributed by atoms with E-state index < -0.39 is 0 Å². The molecule has 19 heavy (non-hydrogen) atoms. The quantitative estimate of drug-likeness (QED) is 0.854. The van der Waals surface area contributed by atoms with Crippen LogP contribution in [-0.2, 0) is 4.84 Å². The van der Waals surface area contributed by atoms with Crippen molar-refractivity contribution in [2.45, 2.75) is 13.3 Å². The third-order valence-corrected chi connectivity index (χ3v) is 2.77. The number of para-hydroxylation sites is 1. The van der Waals surface area contributed by atoms with Crippen molar-refractivity contribution in [2.75, 3.05) is 17.0 Å². The van der Waals surface area contributed by atoms with Gasteiger partial charge in [-0.05, 0) is 18.6 Å². The van der Waals surface area contributed by atoms with Crippen molar-refractivity contribution in [2.24, 2.45) is 0 Å². The van der Waals surface area contributed by atoms with E-state index in [2.05, 4.69) is 14.9 Å². The van der Waals surface area contributed by atoms with Gasteiger partial charge in [-0.2, -0.15) is 5.06 Å². The standard InChI is InChI=1S/C12H14N4O2S/c1-2-8-18-16(10-6-4-3-5-7-10)12(17)14-11-9-13-15-19-11/h3-7,9H,2,8H2,1H3,(H,14,17). The number of aromatic nitrogens is 2. The van der Waals surface area contributed by atoms with Crippen LogP contribution in [-0.4, -0.2) is 22.2 Å². The number of hydrogen-bond donors (Lipinski definition) is 1. The molecule has 2 aromatic rings. The first-order valence-electron chi connectivity index (χ1n) is 5.87. The molecule has 100 valence electrons. The van der Waals surface area contributed by atoms with Crippen molar-refractivity contribution in [3.63, 3.8) is 0 Å². The lowest BCUT2D eigenvalue weighted by molar-refractivity contribution is 0.122. The van der Waals surface area contributed by atoms with Gasteiger partial charge in [-0.15, -0.1) is 5.10 Å². The largest absolute Gasteiger partial charge is 0.351 e. The first-order chi connectivity index (χ1) is 9.31. The lowest BCUT2D eigenvalue weighted by Crippen LogP contribution is -2.35. The Labute approximate surface area is 115 Å². The van der Waals surface area contributed by atoms with Crippen LogP contribution in [0.15, 0.2) is 36.5 Å². The zero-order chi connectivity index (χ0) is 13.5. The highest BCUT2D eigenvalue weighted by Gasteiger charge is 2.17. The molecule has 1 aromatic heterocycles. The minimum absolute atomic E-state index is 0.370. The Bertz CT molecular complexity index is 504. The Morgan fingerprint density at radius 3 is 2.84 bits per heavy atom. The topological polar surface area (TPSA) is 67.3 Å². The smallest absolute Gasteiger partial charge is 0.294 e. The Kier molecular flexibility index (Phi) is 4.82. The Morgan fingerprint density at radius 1 is 1.42 bits per heavy atom. The highest BCUT2D eigenvalue weighted by atomic mass is 32.1. The van der Waals surface area contributed by atoms with Crippen LogP contribution in [0.25, 0.3) is 0 Å². The molecule has 0 radical (unpaired) electrons. The Balaban J connectivity index is 2.10. The number of urea groups is 1. The molecule has 0 unspecified atom stereocenters. The third-order valence-electron chi connectivity index (χ3n) is 2.19. The number of nitrogens with one attached hydrogen (secondary N) is 1. The third kappa shape index (κ3) is 3.73. The number of amides is 2. The highest BCUT2D eigenvalue weighted by molar-refractivity contribution is 7.10. The molecule has 0 atom stereocenters. The summed E-state index contributed by atoms with van der Waals surface area (Å²) in [6.45, 7) is 2.44. The molecule has 0 saturated heterocycles. The lowest BCUT2D eigenvalue weighted by atomic mass is 10.3. The predicted molar refractivity (Wildman–Crippen MR) is 74.1 cm³/mol.